The van der Waals surface area contributed by atoms with Crippen LogP contribution in [0.25, 0.3) is 6.08 Å². The van der Waals surface area contributed by atoms with Crippen molar-refractivity contribution in [1.82, 2.24) is 5.32 Å². The summed E-state index contributed by atoms with van der Waals surface area (Å²) in [5.41, 5.74) is 6.83. The lowest BCUT2D eigenvalue weighted by Crippen LogP contribution is -2.54. The van der Waals surface area contributed by atoms with Gasteiger partial charge in [-0.1, -0.05) is 72.8 Å². The van der Waals surface area contributed by atoms with Gasteiger partial charge in [-0.2, -0.15) is 0 Å². The number of carbonyl (C=O) groups excluding carboxylic acids is 3. The van der Waals surface area contributed by atoms with Crippen molar-refractivity contribution < 1.29 is 19.1 Å². The van der Waals surface area contributed by atoms with Gasteiger partial charge < -0.3 is 9.64 Å². The Morgan fingerprint density at radius 2 is 1.33 bits per heavy atom. The average molecular weight is 598 g/mol. The highest BCUT2D eigenvalue weighted by Crippen LogP contribution is 2.50. The van der Waals surface area contributed by atoms with Crippen LogP contribution in [0.1, 0.15) is 66.3 Å². The van der Waals surface area contributed by atoms with Gasteiger partial charge in [0, 0.05) is 30.6 Å². The lowest BCUT2D eigenvalue weighted by Gasteiger charge is -2.44. The number of urea groups is 1. The molecular formula is C38H35N3O4. The summed E-state index contributed by atoms with van der Waals surface area (Å²) in [6, 6.07) is 31.2. The zero-order valence-corrected chi connectivity index (χ0v) is 25.4. The highest BCUT2D eigenvalue weighted by atomic mass is 16.5. The van der Waals surface area contributed by atoms with E-state index in [9.17, 15) is 14.4 Å². The van der Waals surface area contributed by atoms with Crippen LogP contribution in [0.15, 0.2) is 103 Å². The summed E-state index contributed by atoms with van der Waals surface area (Å²) < 4.78 is 5.73. The van der Waals surface area contributed by atoms with Gasteiger partial charge >= 0.3 is 6.03 Å². The van der Waals surface area contributed by atoms with Crippen molar-refractivity contribution in [1.29, 1.82) is 0 Å². The Morgan fingerprint density at radius 1 is 0.778 bits per heavy atom. The average Bonchev–Trinajstić information content (AvgIpc) is 3.04. The van der Waals surface area contributed by atoms with E-state index in [0.29, 0.717) is 17.0 Å². The quantitative estimate of drug-likeness (QED) is 0.191. The molecule has 45 heavy (non-hydrogen) atoms. The molecule has 7 rings (SSSR count). The van der Waals surface area contributed by atoms with E-state index in [2.05, 4.69) is 58.7 Å². The zero-order valence-electron chi connectivity index (χ0n) is 25.4. The predicted molar refractivity (Wildman–Crippen MR) is 176 cm³/mol. The smallest absolute Gasteiger partial charge is 0.335 e. The number of nitrogens with one attached hydrogen (secondary N) is 1. The summed E-state index contributed by atoms with van der Waals surface area (Å²) in [4.78, 5) is 44.1. The summed E-state index contributed by atoms with van der Waals surface area (Å²) in [6.07, 6.45) is 3.41. The Morgan fingerprint density at radius 3 is 1.87 bits per heavy atom. The summed E-state index contributed by atoms with van der Waals surface area (Å²) in [5, 5.41) is 2.42. The summed E-state index contributed by atoms with van der Waals surface area (Å²) in [6.45, 7) is 5.77. The molecule has 0 saturated carbocycles. The molecular weight excluding hydrogens is 562 g/mol. The minimum atomic E-state index is -0.744. The van der Waals surface area contributed by atoms with Gasteiger partial charge in [0.1, 0.15) is 11.3 Å². The van der Waals surface area contributed by atoms with Crippen molar-refractivity contribution in [2.45, 2.75) is 44.6 Å². The zero-order chi connectivity index (χ0) is 31.1. The number of imide groups is 2. The van der Waals surface area contributed by atoms with Gasteiger partial charge in [0.2, 0.25) is 0 Å². The number of ether oxygens (including phenoxy) is 1. The molecule has 2 atom stereocenters. The normalized spacial score (nSPS) is 20.3. The summed E-state index contributed by atoms with van der Waals surface area (Å²) in [7, 11) is 0. The van der Waals surface area contributed by atoms with Crippen LogP contribution in [0.2, 0.25) is 0 Å². The van der Waals surface area contributed by atoms with Crippen molar-refractivity contribution in [2.75, 3.05) is 22.9 Å². The highest BCUT2D eigenvalue weighted by molar-refractivity contribution is 6.39. The standard InChI is InChI=1S/C38H35N3O4/c1-24(2)45-29-15-13-25(14-16-29)21-34-36(42)39-38(44)41(37(34)43)28-22-32-30(26-9-5-3-6-10-26)17-19-40-20-18-31(33(23-28)35(32)40)27-11-7-4-8-12-27/h3-16,21-24,30-31H,17-20H2,1-2H3,(H,39,42,44)/b34-21+/t30-,31-/m0/s1. The molecule has 1 saturated heterocycles. The SMILES string of the molecule is CC(C)Oc1ccc(/C=C2\C(=O)NC(=O)N(c3cc4c5c(c3)[C@H](c3ccccc3)CCN5CC[C@H]4c3ccccc3)C2=O)cc1. The van der Waals surface area contributed by atoms with Gasteiger partial charge in [0.25, 0.3) is 11.8 Å². The Labute approximate surface area is 263 Å². The molecule has 0 unspecified atom stereocenters. The monoisotopic (exact) mass is 597 g/mol. The first-order valence-electron chi connectivity index (χ1n) is 15.6. The topological polar surface area (TPSA) is 79.0 Å². The maximum atomic E-state index is 14.1. The highest BCUT2D eigenvalue weighted by Gasteiger charge is 2.40. The molecule has 226 valence electrons. The largest absolute Gasteiger partial charge is 0.491 e. The van der Waals surface area contributed by atoms with Gasteiger partial charge in [-0.15, -0.1) is 0 Å². The van der Waals surface area contributed by atoms with Crippen LogP contribution in [-0.4, -0.2) is 37.0 Å². The Bertz CT molecular complexity index is 1730. The van der Waals surface area contributed by atoms with Crippen LogP contribution in [0, 0.1) is 0 Å². The Kier molecular flexibility index (Phi) is 7.45. The van der Waals surface area contributed by atoms with Crippen molar-refractivity contribution >= 4 is 35.3 Å². The molecule has 4 aromatic rings. The number of barbiturate groups is 1. The van der Waals surface area contributed by atoms with Crippen molar-refractivity contribution in [3.8, 4) is 5.75 Å². The maximum Gasteiger partial charge on any atom is 0.335 e. The fourth-order valence-corrected chi connectivity index (χ4v) is 6.94. The fraction of sp³-hybridized carbons (Fsp3) is 0.237. The third kappa shape index (κ3) is 5.39. The third-order valence-electron chi connectivity index (χ3n) is 8.92. The number of nitrogens with zero attached hydrogens (tertiary/aromatic N) is 2. The van der Waals surface area contributed by atoms with Crippen LogP contribution < -0.4 is 19.9 Å². The number of hydrogen-bond acceptors (Lipinski definition) is 5. The molecule has 4 aromatic carbocycles. The lowest BCUT2D eigenvalue weighted by molar-refractivity contribution is -0.122. The van der Waals surface area contributed by atoms with Gasteiger partial charge in [0.05, 0.1) is 11.8 Å². The van der Waals surface area contributed by atoms with E-state index in [1.807, 2.05) is 38.1 Å². The summed E-state index contributed by atoms with van der Waals surface area (Å²) >= 11 is 0. The van der Waals surface area contributed by atoms with E-state index in [4.69, 9.17) is 4.74 Å². The first kappa shape index (κ1) is 28.6. The van der Waals surface area contributed by atoms with Crippen LogP contribution >= 0.6 is 0 Å². The fourth-order valence-electron chi connectivity index (χ4n) is 6.94. The molecule has 3 aliphatic heterocycles. The maximum absolute atomic E-state index is 14.1. The number of carbonyl (C=O) groups is 3. The second kappa shape index (κ2) is 11.7. The molecule has 1 N–H and O–H groups in total. The molecule has 3 heterocycles. The van der Waals surface area contributed by atoms with Crippen LogP contribution in [0.4, 0.5) is 16.2 Å². The number of benzene rings is 4. The molecule has 7 heteroatoms. The molecule has 7 nitrogen and oxygen atoms in total. The lowest BCUT2D eigenvalue weighted by atomic mass is 9.76. The molecule has 4 amide bonds. The van der Waals surface area contributed by atoms with Crippen LogP contribution in [-0.2, 0) is 9.59 Å². The predicted octanol–water partition coefficient (Wildman–Crippen LogP) is 7.02. The van der Waals surface area contributed by atoms with E-state index in [1.165, 1.54) is 22.9 Å². The Balaban J connectivity index is 1.34. The van der Waals surface area contributed by atoms with E-state index in [0.717, 1.165) is 42.0 Å². The van der Waals surface area contributed by atoms with Gasteiger partial charge in [-0.3, -0.25) is 14.9 Å². The summed E-state index contributed by atoms with van der Waals surface area (Å²) in [5.74, 6) is -0.442. The van der Waals surface area contributed by atoms with E-state index in [-0.39, 0.29) is 23.5 Å². The molecule has 0 radical (unpaired) electrons. The Hall–Kier alpha value is -5.17. The second-order valence-electron chi connectivity index (χ2n) is 12.2. The van der Waals surface area contributed by atoms with E-state index < -0.39 is 17.8 Å². The molecule has 0 spiro atoms. The van der Waals surface area contributed by atoms with Gasteiger partial charge in [-0.25, -0.2) is 9.69 Å². The van der Waals surface area contributed by atoms with E-state index >= 15 is 0 Å². The van der Waals surface area contributed by atoms with Gasteiger partial charge in [-0.05, 0) is 84.8 Å². The molecule has 0 bridgehead atoms. The molecule has 3 aliphatic rings. The third-order valence-corrected chi connectivity index (χ3v) is 8.92. The van der Waals surface area contributed by atoms with Crippen LogP contribution in [0.3, 0.4) is 0 Å². The molecule has 0 aromatic heterocycles. The van der Waals surface area contributed by atoms with Crippen molar-refractivity contribution in [3.63, 3.8) is 0 Å². The first-order chi connectivity index (χ1) is 21.9. The van der Waals surface area contributed by atoms with Gasteiger partial charge in [0.15, 0.2) is 0 Å². The minimum Gasteiger partial charge on any atom is -0.491 e. The molecule has 0 aliphatic carbocycles. The molecule has 1 fully saturated rings. The number of amides is 4. The van der Waals surface area contributed by atoms with E-state index in [1.54, 1.807) is 24.3 Å². The van der Waals surface area contributed by atoms with Crippen molar-refractivity contribution in [3.05, 3.63) is 130 Å². The first-order valence-corrected chi connectivity index (χ1v) is 15.6. The van der Waals surface area contributed by atoms with Crippen LogP contribution in [0.5, 0.6) is 5.75 Å². The van der Waals surface area contributed by atoms with Crippen molar-refractivity contribution in [2.24, 2.45) is 0 Å². The number of hydrogen-bond donors (Lipinski definition) is 1. The minimum absolute atomic E-state index is 0.0244. The second-order valence-corrected chi connectivity index (χ2v) is 12.2. The number of anilines is 2. The number of rotatable bonds is 6.